The van der Waals surface area contributed by atoms with Gasteiger partial charge in [0.1, 0.15) is 18.1 Å². The van der Waals surface area contributed by atoms with Gasteiger partial charge in [-0.2, -0.15) is 0 Å². The van der Waals surface area contributed by atoms with Crippen LogP contribution < -0.4 is 21.7 Å². The number of H-pyrrole nitrogens is 2. The molecule has 4 unspecified atom stereocenters. The van der Waals surface area contributed by atoms with Crippen LogP contribution in [0.25, 0.3) is 10.9 Å². The Morgan fingerprint density at radius 2 is 1.50 bits per heavy atom. The number of hydrogen-bond donors (Lipinski definition) is 9. The number of aromatic amines is 2. The lowest BCUT2D eigenvalue weighted by atomic mass is 10.0. The summed E-state index contributed by atoms with van der Waals surface area (Å²) in [7, 11) is 0. The quantitative estimate of drug-likeness (QED) is 0.0971. The maximum absolute atomic E-state index is 13.4. The van der Waals surface area contributed by atoms with Crippen LogP contribution >= 0.6 is 0 Å². The summed E-state index contributed by atoms with van der Waals surface area (Å²) in [5.74, 6) is -6.88. The third-order valence-electron chi connectivity index (χ3n) is 6.34. The van der Waals surface area contributed by atoms with Crippen molar-refractivity contribution in [2.45, 2.75) is 56.3 Å². The Labute approximate surface area is 238 Å². The molecule has 0 saturated heterocycles. The van der Waals surface area contributed by atoms with Gasteiger partial charge in [0.2, 0.25) is 17.7 Å². The average molecular weight is 586 g/mol. The largest absolute Gasteiger partial charge is 0.481 e. The maximum atomic E-state index is 13.4. The third-order valence-corrected chi connectivity index (χ3v) is 6.34. The molecule has 2 heterocycles. The van der Waals surface area contributed by atoms with E-state index in [4.69, 9.17) is 10.8 Å². The van der Waals surface area contributed by atoms with E-state index in [1.165, 1.54) is 12.5 Å². The average Bonchev–Trinajstić information content (AvgIpc) is 3.60. The number of imidazole rings is 1. The van der Waals surface area contributed by atoms with Gasteiger partial charge in [-0.05, 0) is 18.1 Å². The SMILES string of the molecule is NC(CCC(=O)O)C(=O)NC(Cc1c[nH]c2ccccc12)C(=O)NC(CC(=O)O)C(=O)NC(Cc1cnc[nH]1)C(=O)O. The summed E-state index contributed by atoms with van der Waals surface area (Å²) < 4.78 is 0. The molecule has 42 heavy (non-hydrogen) atoms. The summed E-state index contributed by atoms with van der Waals surface area (Å²) >= 11 is 0. The van der Waals surface area contributed by atoms with Gasteiger partial charge in [-0.3, -0.25) is 24.0 Å². The Kier molecular flexibility index (Phi) is 10.7. The summed E-state index contributed by atoms with van der Waals surface area (Å²) in [4.78, 5) is 82.9. The van der Waals surface area contributed by atoms with Crippen molar-refractivity contribution in [3.63, 3.8) is 0 Å². The molecule has 1 aromatic carbocycles. The van der Waals surface area contributed by atoms with E-state index < -0.39 is 72.6 Å². The summed E-state index contributed by atoms with van der Waals surface area (Å²) in [6, 6.07) is 1.33. The Balaban J connectivity index is 1.81. The van der Waals surface area contributed by atoms with E-state index in [1.54, 1.807) is 30.5 Å². The number of para-hydroxylation sites is 1. The number of aliphatic carboxylic acids is 3. The highest BCUT2D eigenvalue weighted by atomic mass is 16.4. The van der Waals surface area contributed by atoms with Crippen LogP contribution in [-0.2, 0) is 41.6 Å². The molecule has 0 aliphatic heterocycles. The number of carboxylic acids is 3. The summed E-state index contributed by atoms with van der Waals surface area (Å²) in [5.41, 5.74) is 7.56. The maximum Gasteiger partial charge on any atom is 0.326 e. The summed E-state index contributed by atoms with van der Waals surface area (Å²) in [6.45, 7) is 0. The summed E-state index contributed by atoms with van der Waals surface area (Å²) in [5, 5.41) is 35.6. The number of rotatable bonds is 16. The number of carboxylic acid groups (broad SMARTS) is 3. The molecule has 0 aliphatic rings. The highest BCUT2D eigenvalue weighted by molar-refractivity contribution is 5.96. The molecule has 16 heteroatoms. The van der Waals surface area contributed by atoms with Crippen LogP contribution in [0, 0.1) is 0 Å². The first-order valence-electron chi connectivity index (χ1n) is 12.8. The van der Waals surface area contributed by atoms with Gasteiger partial charge >= 0.3 is 17.9 Å². The number of carbonyl (C=O) groups is 6. The van der Waals surface area contributed by atoms with Crippen LogP contribution in [0.1, 0.15) is 30.5 Å². The van der Waals surface area contributed by atoms with Crippen molar-refractivity contribution < 1.29 is 44.1 Å². The van der Waals surface area contributed by atoms with Gasteiger partial charge in [0, 0.05) is 48.3 Å². The van der Waals surface area contributed by atoms with Crippen molar-refractivity contribution in [2.75, 3.05) is 0 Å². The van der Waals surface area contributed by atoms with Gasteiger partial charge in [0.15, 0.2) is 0 Å². The number of carbonyl (C=O) groups excluding carboxylic acids is 3. The zero-order valence-corrected chi connectivity index (χ0v) is 22.2. The number of amides is 3. The molecule has 0 radical (unpaired) electrons. The molecule has 2 aromatic heterocycles. The lowest BCUT2D eigenvalue weighted by Crippen LogP contribution is -2.58. The number of nitrogens with zero attached hydrogens (tertiary/aromatic N) is 1. The first kappa shape index (κ1) is 31.3. The van der Waals surface area contributed by atoms with Gasteiger partial charge in [-0.15, -0.1) is 0 Å². The molecule has 10 N–H and O–H groups in total. The van der Waals surface area contributed by atoms with E-state index in [1.807, 2.05) is 0 Å². The summed E-state index contributed by atoms with van der Waals surface area (Å²) in [6.07, 6.45) is 2.51. The zero-order valence-electron chi connectivity index (χ0n) is 22.2. The standard InChI is InChI=1S/C26H31N7O9/c27-16(5-6-21(34)35)23(38)31-18(7-13-10-29-17-4-2-1-3-15(13)17)24(39)32-19(9-22(36)37)25(40)33-20(26(41)42)8-14-11-28-12-30-14/h1-4,10-12,16,18-20,29H,5-9,27H2,(H,28,30)(H,31,38)(H,32,39)(H,33,40)(H,34,35)(H,36,37)(H,41,42). The molecule has 16 nitrogen and oxygen atoms in total. The Hall–Kier alpha value is -5.25. The van der Waals surface area contributed by atoms with E-state index in [-0.39, 0.29) is 19.3 Å². The van der Waals surface area contributed by atoms with Crippen LogP contribution in [0.15, 0.2) is 43.0 Å². The number of benzene rings is 1. The lowest BCUT2D eigenvalue weighted by molar-refractivity contribution is -0.143. The van der Waals surface area contributed by atoms with E-state index >= 15 is 0 Å². The molecule has 3 aromatic rings. The van der Waals surface area contributed by atoms with Crippen LogP contribution in [0.5, 0.6) is 0 Å². The van der Waals surface area contributed by atoms with E-state index in [9.17, 15) is 39.0 Å². The Morgan fingerprint density at radius 3 is 2.14 bits per heavy atom. The molecule has 0 saturated carbocycles. The van der Waals surface area contributed by atoms with Crippen molar-refractivity contribution in [3.8, 4) is 0 Å². The van der Waals surface area contributed by atoms with Crippen molar-refractivity contribution in [2.24, 2.45) is 5.73 Å². The number of nitrogens with two attached hydrogens (primary N) is 1. The van der Waals surface area contributed by atoms with Gasteiger partial charge in [0.25, 0.3) is 0 Å². The first-order chi connectivity index (χ1) is 19.9. The number of fused-ring (bicyclic) bond motifs is 1. The van der Waals surface area contributed by atoms with Gasteiger partial charge in [0.05, 0.1) is 18.8 Å². The minimum Gasteiger partial charge on any atom is -0.481 e. The van der Waals surface area contributed by atoms with Crippen molar-refractivity contribution in [1.82, 2.24) is 30.9 Å². The fourth-order valence-corrected chi connectivity index (χ4v) is 4.16. The fraction of sp³-hybridized carbons (Fsp3) is 0.346. The number of hydrogen-bond acceptors (Lipinski definition) is 8. The first-order valence-corrected chi connectivity index (χ1v) is 12.8. The number of aromatic nitrogens is 3. The van der Waals surface area contributed by atoms with E-state index in [0.29, 0.717) is 11.3 Å². The lowest BCUT2D eigenvalue weighted by Gasteiger charge is -2.24. The minimum atomic E-state index is -1.71. The molecule has 3 rings (SSSR count). The van der Waals surface area contributed by atoms with Crippen LogP contribution in [0.2, 0.25) is 0 Å². The molecule has 224 valence electrons. The third kappa shape index (κ3) is 8.88. The second kappa shape index (κ2) is 14.4. The molecule has 3 amide bonds. The van der Waals surface area contributed by atoms with Crippen LogP contribution in [0.3, 0.4) is 0 Å². The highest BCUT2D eigenvalue weighted by Crippen LogP contribution is 2.19. The predicted molar refractivity (Wildman–Crippen MR) is 145 cm³/mol. The van der Waals surface area contributed by atoms with E-state index in [0.717, 1.165) is 10.9 Å². The normalized spacial score (nSPS) is 13.8. The topological polar surface area (TPSA) is 270 Å². The Morgan fingerprint density at radius 1 is 0.833 bits per heavy atom. The van der Waals surface area contributed by atoms with Crippen LogP contribution in [0.4, 0.5) is 0 Å². The second-order valence-electron chi connectivity index (χ2n) is 9.50. The monoisotopic (exact) mass is 585 g/mol. The molecule has 0 fully saturated rings. The Bertz CT molecular complexity index is 1440. The molecule has 4 atom stereocenters. The molecule has 0 bridgehead atoms. The molecule has 0 spiro atoms. The van der Waals surface area contributed by atoms with E-state index in [2.05, 4.69) is 30.9 Å². The molecular formula is C26H31N7O9. The number of nitrogens with one attached hydrogen (secondary N) is 5. The second-order valence-corrected chi connectivity index (χ2v) is 9.50. The molecular weight excluding hydrogens is 554 g/mol. The van der Waals surface area contributed by atoms with Crippen molar-refractivity contribution in [3.05, 3.63) is 54.2 Å². The fourth-order valence-electron chi connectivity index (χ4n) is 4.16. The van der Waals surface area contributed by atoms with Gasteiger partial charge in [-0.1, -0.05) is 18.2 Å². The van der Waals surface area contributed by atoms with Crippen molar-refractivity contribution >= 4 is 46.5 Å². The highest BCUT2D eigenvalue weighted by Gasteiger charge is 2.32. The smallest absolute Gasteiger partial charge is 0.326 e. The zero-order chi connectivity index (χ0) is 30.8. The predicted octanol–water partition coefficient (Wildman–Crippen LogP) is -1.12. The van der Waals surface area contributed by atoms with Crippen LogP contribution in [-0.4, -0.2) is 90.1 Å². The van der Waals surface area contributed by atoms with Gasteiger partial charge < -0.3 is 47.0 Å². The molecule has 0 aliphatic carbocycles. The minimum absolute atomic E-state index is 0.105. The van der Waals surface area contributed by atoms with Crippen molar-refractivity contribution in [1.29, 1.82) is 0 Å². The van der Waals surface area contributed by atoms with Gasteiger partial charge in [-0.25, -0.2) is 9.78 Å².